The van der Waals surface area contributed by atoms with E-state index in [-0.39, 0.29) is 15.5 Å². The van der Waals surface area contributed by atoms with Crippen LogP contribution < -0.4 is 4.72 Å². The van der Waals surface area contributed by atoms with Gasteiger partial charge in [-0.05, 0) is 24.1 Å². The van der Waals surface area contributed by atoms with E-state index < -0.39 is 33.9 Å². The van der Waals surface area contributed by atoms with E-state index in [2.05, 4.69) is 9.46 Å². The van der Waals surface area contributed by atoms with Crippen LogP contribution in [0.5, 0.6) is 0 Å². The molecule has 128 valence electrons. The zero-order valence-corrected chi connectivity index (χ0v) is 14.4. The fraction of sp³-hybridized carbons (Fsp3) is 0.429. The van der Waals surface area contributed by atoms with Gasteiger partial charge in [-0.25, -0.2) is 13.2 Å². The standard InChI is InChI=1S/C14H18ClNO6S/c1-4-8(2)12(13(17)18)16-23(20,21)9-5-6-10(11(15)7-9)14(19)22-3/h5-8,12,16H,4H2,1-3H3,(H,17,18)/t8-,12-/m0/s1. The maximum atomic E-state index is 12.3. The van der Waals surface area contributed by atoms with Crippen molar-refractivity contribution in [2.75, 3.05) is 7.11 Å². The molecule has 0 unspecified atom stereocenters. The first-order chi connectivity index (χ1) is 10.6. The van der Waals surface area contributed by atoms with E-state index in [1.165, 1.54) is 13.2 Å². The fourth-order valence-electron chi connectivity index (χ4n) is 1.82. The van der Waals surface area contributed by atoms with Gasteiger partial charge in [-0.15, -0.1) is 0 Å². The van der Waals surface area contributed by atoms with Crippen LogP contribution in [0.2, 0.25) is 5.02 Å². The highest BCUT2D eigenvalue weighted by atomic mass is 35.5. The number of benzene rings is 1. The average molecular weight is 364 g/mol. The van der Waals surface area contributed by atoms with Crippen LogP contribution in [0, 0.1) is 5.92 Å². The number of aliphatic carboxylic acids is 1. The molecule has 1 aromatic carbocycles. The summed E-state index contributed by atoms with van der Waals surface area (Å²) < 4.78 is 31.3. The predicted octanol–water partition coefficient (Wildman–Crippen LogP) is 1.90. The molecule has 0 aliphatic carbocycles. The monoisotopic (exact) mass is 363 g/mol. The lowest BCUT2D eigenvalue weighted by molar-refractivity contribution is -0.140. The highest BCUT2D eigenvalue weighted by Gasteiger charge is 2.29. The van der Waals surface area contributed by atoms with E-state index in [9.17, 15) is 23.1 Å². The number of carbonyl (C=O) groups is 2. The minimum absolute atomic E-state index is 0.0184. The Morgan fingerprint density at radius 2 is 2.00 bits per heavy atom. The van der Waals surface area contributed by atoms with Crippen LogP contribution in [0.1, 0.15) is 30.6 Å². The van der Waals surface area contributed by atoms with E-state index in [1.54, 1.807) is 13.8 Å². The summed E-state index contributed by atoms with van der Waals surface area (Å²) in [5.41, 5.74) is 0.0184. The number of hydrogen-bond acceptors (Lipinski definition) is 5. The maximum Gasteiger partial charge on any atom is 0.339 e. The van der Waals surface area contributed by atoms with Gasteiger partial charge in [0.05, 0.1) is 22.6 Å². The molecule has 0 aliphatic rings. The summed E-state index contributed by atoms with van der Waals surface area (Å²) in [6.45, 7) is 3.39. The first-order valence-corrected chi connectivity index (χ1v) is 8.63. The second-order valence-corrected chi connectivity index (χ2v) is 7.08. The summed E-state index contributed by atoms with van der Waals surface area (Å²) >= 11 is 5.89. The summed E-state index contributed by atoms with van der Waals surface area (Å²) in [7, 11) is -2.92. The molecule has 0 heterocycles. The minimum atomic E-state index is -4.10. The Hall–Kier alpha value is -1.64. The number of carboxylic acid groups (broad SMARTS) is 1. The molecule has 7 nitrogen and oxygen atoms in total. The molecule has 9 heteroatoms. The van der Waals surface area contributed by atoms with Crippen molar-refractivity contribution in [2.45, 2.75) is 31.2 Å². The first kappa shape index (κ1) is 19.4. The van der Waals surface area contributed by atoms with E-state index in [1.807, 2.05) is 0 Å². The molecule has 23 heavy (non-hydrogen) atoms. The number of nitrogens with one attached hydrogen (secondary N) is 1. The fourth-order valence-corrected chi connectivity index (χ4v) is 3.47. The lowest BCUT2D eigenvalue weighted by atomic mass is 10.0. The van der Waals surface area contributed by atoms with Crippen LogP contribution in [0.25, 0.3) is 0 Å². The van der Waals surface area contributed by atoms with Crippen LogP contribution in [0.3, 0.4) is 0 Å². The lowest BCUT2D eigenvalue weighted by Crippen LogP contribution is -2.44. The third-order valence-electron chi connectivity index (χ3n) is 3.42. The molecule has 0 saturated heterocycles. The van der Waals surface area contributed by atoms with Crippen molar-refractivity contribution in [3.8, 4) is 0 Å². The minimum Gasteiger partial charge on any atom is -0.480 e. The number of sulfonamides is 1. The van der Waals surface area contributed by atoms with Crippen LogP contribution >= 0.6 is 11.6 Å². The Kier molecular flexibility index (Phi) is 6.55. The molecule has 0 bridgehead atoms. The second kappa shape index (κ2) is 7.76. The Labute approximate surface area is 139 Å². The van der Waals surface area contributed by atoms with E-state index in [0.29, 0.717) is 6.42 Å². The van der Waals surface area contributed by atoms with Crippen LogP contribution in [0.4, 0.5) is 0 Å². The van der Waals surface area contributed by atoms with Crippen molar-refractivity contribution < 1.29 is 27.9 Å². The molecule has 0 aromatic heterocycles. The number of hydrogen-bond donors (Lipinski definition) is 2. The van der Waals surface area contributed by atoms with Gasteiger partial charge in [0.15, 0.2) is 0 Å². The molecular formula is C14H18ClNO6S. The number of esters is 1. The largest absolute Gasteiger partial charge is 0.480 e. The van der Waals surface area contributed by atoms with Gasteiger partial charge < -0.3 is 9.84 Å². The van der Waals surface area contributed by atoms with Gasteiger partial charge in [0.1, 0.15) is 6.04 Å². The molecule has 1 aromatic rings. The van der Waals surface area contributed by atoms with Crippen molar-refractivity contribution in [2.24, 2.45) is 5.92 Å². The van der Waals surface area contributed by atoms with Gasteiger partial charge in [-0.1, -0.05) is 31.9 Å². The van der Waals surface area contributed by atoms with Gasteiger partial charge >= 0.3 is 11.9 Å². The molecule has 0 fully saturated rings. The van der Waals surface area contributed by atoms with Crippen molar-refractivity contribution in [1.29, 1.82) is 0 Å². The predicted molar refractivity (Wildman–Crippen MR) is 84.0 cm³/mol. The molecular weight excluding hydrogens is 346 g/mol. The lowest BCUT2D eigenvalue weighted by Gasteiger charge is -2.20. The highest BCUT2D eigenvalue weighted by molar-refractivity contribution is 7.89. The van der Waals surface area contributed by atoms with Crippen molar-refractivity contribution in [3.05, 3.63) is 28.8 Å². The normalized spacial score (nSPS) is 14.1. The average Bonchev–Trinajstić information content (AvgIpc) is 2.50. The quantitative estimate of drug-likeness (QED) is 0.716. The van der Waals surface area contributed by atoms with Gasteiger partial charge in [0, 0.05) is 0 Å². The van der Waals surface area contributed by atoms with E-state index in [4.69, 9.17) is 11.6 Å². The smallest absolute Gasteiger partial charge is 0.339 e. The van der Waals surface area contributed by atoms with Crippen LogP contribution in [-0.2, 0) is 19.6 Å². The number of carboxylic acids is 1. The Bertz CT molecular complexity index is 703. The number of methoxy groups -OCH3 is 1. The van der Waals surface area contributed by atoms with Gasteiger partial charge in [0.25, 0.3) is 0 Å². The number of halogens is 1. The van der Waals surface area contributed by atoms with Crippen molar-refractivity contribution in [1.82, 2.24) is 4.72 Å². The summed E-state index contributed by atoms with van der Waals surface area (Å²) in [5.74, 6) is -2.36. The van der Waals surface area contributed by atoms with Gasteiger partial charge in [0.2, 0.25) is 10.0 Å². The molecule has 0 saturated carbocycles. The Morgan fingerprint density at radius 3 is 2.43 bits per heavy atom. The zero-order valence-electron chi connectivity index (χ0n) is 12.9. The van der Waals surface area contributed by atoms with E-state index >= 15 is 0 Å². The number of carbonyl (C=O) groups excluding carboxylic acids is 1. The Balaban J connectivity index is 3.16. The topological polar surface area (TPSA) is 110 Å². The van der Waals surface area contributed by atoms with Gasteiger partial charge in [-0.3, -0.25) is 4.79 Å². The molecule has 0 spiro atoms. The first-order valence-electron chi connectivity index (χ1n) is 6.77. The van der Waals surface area contributed by atoms with Crippen molar-refractivity contribution >= 4 is 33.6 Å². The summed E-state index contributed by atoms with van der Waals surface area (Å²) in [6.07, 6.45) is 0.488. The number of rotatable bonds is 7. The Morgan fingerprint density at radius 1 is 1.39 bits per heavy atom. The van der Waals surface area contributed by atoms with Crippen LogP contribution in [-0.4, -0.2) is 38.6 Å². The highest BCUT2D eigenvalue weighted by Crippen LogP contribution is 2.22. The summed E-state index contributed by atoms with van der Waals surface area (Å²) in [5, 5.41) is 9.07. The SMILES string of the molecule is CC[C@H](C)[C@H](NS(=O)(=O)c1ccc(C(=O)OC)c(Cl)c1)C(=O)O. The van der Waals surface area contributed by atoms with Crippen molar-refractivity contribution in [3.63, 3.8) is 0 Å². The number of ether oxygens (including phenoxy) is 1. The summed E-state index contributed by atoms with van der Waals surface area (Å²) in [6, 6.07) is 2.19. The van der Waals surface area contributed by atoms with Gasteiger partial charge in [-0.2, -0.15) is 4.72 Å². The molecule has 0 radical (unpaired) electrons. The zero-order chi connectivity index (χ0) is 17.8. The van der Waals surface area contributed by atoms with Crippen LogP contribution in [0.15, 0.2) is 23.1 Å². The molecule has 1 rings (SSSR count). The molecule has 2 atom stereocenters. The third-order valence-corrected chi connectivity index (χ3v) is 5.17. The van der Waals surface area contributed by atoms with E-state index in [0.717, 1.165) is 12.1 Å². The third kappa shape index (κ3) is 4.66. The summed E-state index contributed by atoms with van der Waals surface area (Å²) in [4.78, 5) is 22.5. The second-order valence-electron chi connectivity index (χ2n) is 4.96. The molecule has 2 N–H and O–H groups in total. The molecule has 0 amide bonds. The maximum absolute atomic E-state index is 12.3. The molecule has 0 aliphatic heterocycles.